The van der Waals surface area contributed by atoms with Crippen molar-refractivity contribution in [3.8, 4) is 5.75 Å². The summed E-state index contributed by atoms with van der Waals surface area (Å²) >= 11 is 0. The average molecular weight is 437 g/mol. The zero-order chi connectivity index (χ0) is 23.5. The molecule has 0 spiro atoms. The van der Waals surface area contributed by atoms with E-state index in [9.17, 15) is 30.0 Å². The molecule has 1 aromatic carbocycles. The van der Waals surface area contributed by atoms with Crippen LogP contribution in [0.25, 0.3) is 0 Å². The van der Waals surface area contributed by atoms with Crippen LogP contribution in [0.5, 0.6) is 5.75 Å². The summed E-state index contributed by atoms with van der Waals surface area (Å²) in [5.74, 6) is -2.60. The van der Waals surface area contributed by atoms with Crippen molar-refractivity contribution in [1.29, 1.82) is 0 Å². The number of phenolic OH excluding ortho intramolecular Hbond substituents is 1. The quantitative estimate of drug-likeness (QED) is 0.526. The Balaban J connectivity index is 2.39. The molecule has 8 heteroatoms. The number of carbonyl (C=O) groups excluding carboxylic acids is 2. The molecular formula is C23H32O8. The molecule has 8 nitrogen and oxygen atoms in total. The van der Waals surface area contributed by atoms with Crippen LogP contribution in [0.2, 0.25) is 0 Å². The van der Waals surface area contributed by atoms with Crippen LogP contribution >= 0.6 is 0 Å². The fraction of sp³-hybridized carbons (Fsp3) is 0.652. The Kier molecular flexibility index (Phi) is 5.88. The second-order valence-corrected chi connectivity index (χ2v) is 9.48. The maximum absolute atomic E-state index is 12.9. The number of phenols is 1. The van der Waals surface area contributed by atoms with Gasteiger partial charge in [0.05, 0.1) is 24.7 Å². The number of aromatic hydroxyl groups is 1. The largest absolute Gasteiger partial charge is 0.508 e. The molecule has 1 aromatic rings. The third-order valence-electron chi connectivity index (χ3n) is 7.38. The molecule has 0 heterocycles. The Morgan fingerprint density at radius 2 is 1.74 bits per heavy atom. The smallest absolute Gasteiger partial charge is 0.314 e. The van der Waals surface area contributed by atoms with Crippen LogP contribution in [0.4, 0.5) is 0 Å². The number of hydrogen-bond acceptors (Lipinski definition) is 8. The molecule has 0 amide bonds. The van der Waals surface area contributed by atoms with Gasteiger partial charge in [-0.15, -0.1) is 0 Å². The van der Waals surface area contributed by atoms with E-state index in [4.69, 9.17) is 9.47 Å². The van der Waals surface area contributed by atoms with Gasteiger partial charge in [0, 0.05) is 30.2 Å². The fourth-order valence-electron chi connectivity index (χ4n) is 5.73. The van der Waals surface area contributed by atoms with Crippen LogP contribution in [-0.2, 0) is 24.5 Å². The van der Waals surface area contributed by atoms with Crippen molar-refractivity contribution in [2.75, 3.05) is 7.11 Å². The predicted molar refractivity (Wildman–Crippen MR) is 110 cm³/mol. The summed E-state index contributed by atoms with van der Waals surface area (Å²) in [5, 5.41) is 44.4. The van der Waals surface area contributed by atoms with Gasteiger partial charge in [-0.25, -0.2) is 0 Å². The van der Waals surface area contributed by atoms with Crippen molar-refractivity contribution in [2.45, 2.75) is 76.8 Å². The molecule has 0 aromatic heterocycles. The van der Waals surface area contributed by atoms with Crippen molar-refractivity contribution in [3.63, 3.8) is 0 Å². The number of esters is 2. The molecule has 7 atom stereocenters. The molecule has 0 unspecified atom stereocenters. The van der Waals surface area contributed by atoms with E-state index in [1.807, 2.05) is 13.8 Å². The lowest BCUT2D eigenvalue weighted by Crippen LogP contribution is -2.69. The van der Waals surface area contributed by atoms with E-state index in [2.05, 4.69) is 0 Å². The van der Waals surface area contributed by atoms with E-state index in [0.717, 1.165) is 5.56 Å². The molecule has 172 valence electrons. The monoisotopic (exact) mass is 436 g/mol. The summed E-state index contributed by atoms with van der Waals surface area (Å²) in [4.78, 5) is 24.9. The van der Waals surface area contributed by atoms with E-state index in [1.165, 1.54) is 21.0 Å². The molecule has 1 fully saturated rings. The molecule has 4 N–H and O–H groups in total. The van der Waals surface area contributed by atoms with Crippen molar-refractivity contribution in [2.24, 2.45) is 11.3 Å². The number of aliphatic hydroxyl groups excluding tert-OH is 3. The van der Waals surface area contributed by atoms with E-state index < -0.39 is 53.1 Å². The highest BCUT2D eigenvalue weighted by Crippen LogP contribution is 2.62. The predicted octanol–water partition coefficient (Wildman–Crippen LogP) is 1.67. The highest BCUT2D eigenvalue weighted by Gasteiger charge is 2.69. The molecule has 0 aliphatic heterocycles. The first kappa shape index (κ1) is 23.5. The SMILES string of the molecule is COC(=O)[C@]1(C)[C@@H](O)C[C@H](O)[C@@]2(C)c3c(O)cc(C(C)C)cc3[C@@H](O)[C@@H](OC(C)=O)[C@@H]12. The summed E-state index contributed by atoms with van der Waals surface area (Å²) < 4.78 is 10.5. The first-order valence-corrected chi connectivity index (χ1v) is 10.5. The molecule has 3 rings (SSSR count). The Labute approximate surface area is 181 Å². The van der Waals surface area contributed by atoms with Gasteiger partial charge in [0.2, 0.25) is 0 Å². The molecule has 0 bridgehead atoms. The van der Waals surface area contributed by atoms with Gasteiger partial charge in [0.25, 0.3) is 0 Å². The minimum Gasteiger partial charge on any atom is -0.508 e. The number of fused-ring (bicyclic) bond motifs is 3. The summed E-state index contributed by atoms with van der Waals surface area (Å²) in [6.07, 6.45) is -5.32. The molecule has 2 aliphatic rings. The second kappa shape index (κ2) is 7.76. The van der Waals surface area contributed by atoms with Crippen molar-refractivity contribution in [1.82, 2.24) is 0 Å². The van der Waals surface area contributed by atoms with Gasteiger partial charge >= 0.3 is 11.9 Å². The van der Waals surface area contributed by atoms with Crippen LogP contribution in [-0.4, -0.2) is 57.8 Å². The van der Waals surface area contributed by atoms with E-state index in [0.29, 0.717) is 5.56 Å². The first-order chi connectivity index (χ1) is 14.3. The topological polar surface area (TPSA) is 134 Å². The highest BCUT2D eigenvalue weighted by atomic mass is 16.6. The number of hydrogen-bond donors (Lipinski definition) is 4. The second-order valence-electron chi connectivity index (χ2n) is 9.48. The van der Waals surface area contributed by atoms with E-state index in [-0.39, 0.29) is 23.7 Å². The summed E-state index contributed by atoms with van der Waals surface area (Å²) in [5.41, 5.74) is -1.56. The molecule has 0 saturated heterocycles. The van der Waals surface area contributed by atoms with Gasteiger partial charge in [0.15, 0.2) is 0 Å². The summed E-state index contributed by atoms with van der Waals surface area (Å²) in [7, 11) is 1.18. The Morgan fingerprint density at radius 1 is 1.13 bits per heavy atom. The standard InChI is InChI=1S/C23H32O8/c1-10(2)12-7-13-17(14(25)8-12)22(4)15(26)9-16(27)23(5,21(29)30-6)20(22)19(18(13)28)31-11(3)24/h7-8,10,15-16,18-20,25-28H,9H2,1-6H3/t15-,16-,18+,19+,20+,22-,23+/m0/s1. The van der Waals surface area contributed by atoms with Crippen molar-refractivity contribution in [3.05, 3.63) is 28.8 Å². The van der Waals surface area contributed by atoms with Gasteiger partial charge in [-0.3, -0.25) is 9.59 Å². The molecule has 0 radical (unpaired) electrons. The molecule has 2 aliphatic carbocycles. The Hall–Kier alpha value is -2.16. The van der Waals surface area contributed by atoms with Crippen LogP contribution in [0.1, 0.15) is 69.8 Å². The third kappa shape index (κ3) is 3.23. The maximum atomic E-state index is 12.9. The highest BCUT2D eigenvalue weighted by molar-refractivity contribution is 5.79. The van der Waals surface area contributed by atoms with Crippen molar-refractivity contribution >= 4 is 11.9 Å². The first-order valence-electron chi connectivity index (χ1n) is 10.5. The number of rotatable bonds is 3. The van der Waals surface area contributed by atoms with Gasteiger partial charge in [-0.2, -0.15) is 0 Å². The molecular weight excluding hydrogens is 404 g/mol. The third-order valence-corrected chi connectivity index (χ3v) is 7.38. The van der Waals surface area contributed by atoms with E-state index >= 15 is 0 Å². The van der Waals surface area contributed by atoms with Crippen molar-refractivity contribution < 1.29 is 39.5 Å². The average Bonchev–Trinajstić information content (AvgIpc) is 2.68. The number of methoxy groups -OCH3 is 1. The Bertz CT molecular complexity index is 896. The summed E-state index contributed by atoms with van der Waals surface area (Å²) in [6.45, 7) is 8.19. The fourth-order valence-corrected chi connectivity index (χ4v) is 5.73. The lowest BCUT2D eigenvalue weighted by molar-refractivity contribution is -0.219. The lowest BCUT2D eigenvalue weighted by Gasteiger charge is -2.60. The molecule has 31 heavy (non-hydrogen) atoms. The molecule has 1 saturated carbocycles. The minimum atomic E-state index is -1.62. The van der Waals surface area contributed by atoms with Crippen LogP contribution in [0.3, 0.4) is 0 Å². The zero-order valence-corrected chi connectivity index (χ0v) is 18.7. The number of benzene rings is 1. The Morgan fingerprint density at radius 3 is 2.26 bits per heavy atom. The van der Waals surface area contributed by atoms with Gasteiger partial charge in [0.1, 0.15) is 18.0 Å². The van der Waals surface area contributed by atoms with Crippen LogP contribution in [0.15, 0.2) is 12.1 Å². The number of carbonyl (C=O) groups is 2. The number of aliphatic hydroxyl groups is 3. The lowest BCUT2D eigenvalue weighted by atomic mass is 9.46. The van der Waals surface area contributed by atoms with Gasteiger partial charge in [-0.1, -0.05) is 26.8 Å². The summed E-state index contributed by atoms with van der Waals surface area (Å²) in [6, 6.07) is 3.31. The van der Waals surface area contributed by atoms with Gasteiger partial charge in [-0.05, 0) is 30.0 Å². The van der Waals surface area contributed by atoms with Crippen LogP contribution in [0, 0.1) is 11.3 Å². The number of ether oxygens (including phenoxy) is 2. The van der Waals surface area contributed by atoms with E-state index in [1.54, 1.807) is 19.1 Å². The minimum absolute atomic E-state index is 0.0412. The maximum Gasteiger partial charge on any atom is 0.314 e. The zero-order valence-electron chi connectivity index (χ0n) is 18.7. The van der Waals surface area contributed by atoms with Crippen LogP contribution < -0.4 is 0 Å². The van der Waals surface area contributed by atoms with Gasteiger partial charge < -0.3 is 29.9 Å². The normalized spacial score (nSPS) is 37.0.